The van der Waals surface area contributed by atoms with Crippen molar-refractivity contribution in [3.8, 4) is 0 Å². The van der Waals surface area contributed by atoms with Gasteiger partial charge in [0, 0.05) is 34.4 Å². The van der Waals surface area contributed by atoms with Crippen molar-refractivity contribution in [3.05, 3.63) is 81.7 Å². The van der Waals surface area contributed by atoms with E-state index in [-0.39, 0.29) is 0 Å². The number of hydrogen-bond acceptors (Lipinski definition) is 2. The van der Waals surface area contributed by atoms with Gasteiger partial charge in [-0.05, 0) is 70.1 Å². The Morgan fingerprint density at radius 2 is 0.846 bits per heavy atom. The molecule has 2 nitrogen and oxygen atoms in total. The Morgan fingerprint density at radius 3 is 1.23 bits per heavy atom. The average Bonchev–Trinajstić information content (AvgIpc) is 2.67. The van der Waals surface area contributed by atoms with Gasteiger partial charge < -0.3 is 10.6 Å². The highest BCUT2D eigenvalue weighted by Crippen LogP contribution is 2.23. The first-order valence-corrected chi connectivity index (χ1v) is 9.92. The van der Waals surface area contributed by atoms with E-state index in [4.69, 9.17) is 0 Å². The summed E-state index contributed by atoms with van der Waals surface area (Å²) in [6, 6.07) is 25.2. The fourth-order valence-electron chi connectivity index (χ4n) is 2.74. The summed E-state index contributed by atoms with van der Waals surface area (Å²) in [7, 11) is 3.86. The van der Waals surface area contributed by atoms with Gasteiger partial charge in [0.15, 0.2) is 0 Å². The van der Waals surface area contributed by atoms with Crippen LogP contribution >= 0.6 is 31.9 Å². The number of nitrogens with one attached hydrogen (secondary N) is 2. The number of halogens is 2. The van der Waals surface area contributed by atoms with Gasteiger partial charge in [0.05, 0.1) is 0 Å². The molecule has 4 rings (SSSR count). The Morgan fingerprint density at radius 1 is 0.500 bits per heavy atom. The molecule has 0 atom stereocenters. The Labute approximate surface area is 170 Å². The number of rotatable bonds is 2. The zero-order chi connectivity index (χ0) is 18.5. The zero-order valence-electron chi connectivity index (χ0n) is 14.7. The lowest BCUT2D eigenvalue weighted by molar-refractivity contribution is 1.53. The van der Waals surface area contributed by atoms with Crippen LogP contribution in [-0.4, -0.2) is 14.1 Å². The van der Waals surface area contributed by atoms with Crippen molar-refractivity contribution in [3.63, 3.8) is 0 Å². The highest BCUT2D eigenvalue weighted by molar-refractivity contribution is 9.10. The molecule has 4 aromatic carbocycles. The van der Waals surface area contributed by atoms with E-state index in [1.165, 1.54) is 21.5 Å². The molecule has 0 bridgehead atoms. The molecule has 0 aliphatic rings. The van der Waals surface area contributed by atoms with Crippen molar-refractivity contribution in [2.75, 3.05) is 24.7 Å². The van der Waals surface area contributed by atoms with Crippen LogP contribution in [0, 0.1) is 0 Å². The van der Waals surface area contributed by atoms with Crippen molar-refractivity contribution in [1.29, 1.82) is 0 Å². The van der Waals surface area contributed by atoms with Crippen LogP contribution in [0.4, 0.5) is 11.4 Å². The van der Waals surface area contributed by atoms with Gasteiger partial charge in [0.1, 0.15) is 0 Å². The molecule has 0 amide bonds. The summed E-state index contributed by atoms with van der Waals surface area (Å²) in [6.45, 7) is 0. The predicted octanol–water partition coefficient (Wildman–Crippen LogP) is 7.29. The SMILES string of the molecule is CNc1ccc2cc(Br)ccc2c1.CNc1ccc2cc(Br)ccc2c1. The van der Waals surface area contributed by atoms with Crippen LogP contribution in [0.3, 0.4) is 0 Å². The van der Waals surface area contributed by atoms with Gasteiger partial charge in [-0.3, -0.25) is 0 Å². The Kier molecular flexibility index (Phi) is 6.17. The lowest BCUT2D eigenvalue weighted by Crippen LogP contribution is -1.86. The number of benzene rings is 4. The molecule has 132 valence electrons. The summed E-state index contributed by atoms with van der Waals surface area (Å²) in [5.41, 5.74) is 2.30. The van der Waals surface area contributed by atoms with E-state index in [1.54, 1.807) is 0 Å². The highest BCUT2D eigenvalue weighted by atomic mass is 79.9. The monoisotopic (exact) mass is 470 g/mol. The van der Waals surface area contributed by atoms with Crippen LogP contribution in [0.5, 0.6) is 0 Å². The van der Waals surface area contributed by atoms with E-state index in [9.17, 15) is 0 Å². The normalized spacial score (nSPS) is 10.3. The number of fused-ring (bicyclic) bond motifs is 2. The minimum Gasteiger partial charge on any atom is -0.388 e. The molecule has 0 aromatic heterocycles. The van der Waals surface area contributed by atoms with E-state index in [1.807, 2.05) is 14.1 Å². The van der Waals surface area contributed by atoms with Crippen molar-refractivity contribution in [2.45, 2.75) is 0 Å². The smallest absolute Gasteiger partial charge is 0.0343 e. The highest BCUT2D eigenvalue weighted by Gasteiger charge is 1.96. The second kappa shape index (κ2) is 8.56. The van der Waals surface area contributed by atoms with Gasteiger partial charge >= 0.3 is 0 Å². The Balaban J connectivity index is 0.000000151. The summed E-state index contributed by atoms with van der Waals surface area (Å²) in [6.07, 6.45) is 0. The van der Waals surface area contributed by atoms with Gasteiger partial charge in [0.25, 0.3) is 0 Å². The first-order chi connectivity index (χ1) is 12.6. The summed E-state index contributed by atoms with van der Waals surface area (Å²) in [5.74, 6) is 0. The third-order valence-electron chi connectivity index (χ3n) is 4.18. The molecule has 26 heavy (non-hydrogen) atoms. The topological polar surface area (TPSA) is 24.1 Å². The third-order valence-corrected chi connectivity index (χ3v) is 5.17. The van der Waals surface area contributed by atoms with Crippen LogP contribution in [0.25, 0.3) is 21.5 Å². The van der Waals surface area contributed by atoms with Crippen LogP contribution in [-0.2, 0) is 0 Å². The summed E-state index contributed by atoms with van der Waals surface area (Å²) in [5, 5.41) is 11.3. The molecular formula is C22H20Br2N2. The average molecular weight is 472 g/mol. The van der Waals surface area contributed by atoms with Gasteiger partial charge in [-0.15, -0.1) is 0 Å². The maximum Gasteiger partial charge on any atom is 0.0343 e. The quantitative estimate of drug-likeness (QED) is 0.320. The van der Waals surface area contributed by atoms with Crippen LogP contribution < -0.4 is 10.6 Å². The largest absolute Gasteiger partial charge is 0.388 e. The summed E-state index contributed by atoms with van der Waals surface area (Å²) in [4.78, 5) is 0. The molecule has 0 fully saturated rings. The molecule has 0 radical (unpaired) electrons. The van der Waals surface area contributed by atoms with Crippen LogP contribution in [0.2, 0.25) is 0 Å². The molecule has 0 aliphatic carbocycles. The molecular weight excluding hydrogens is 452 g/mol. The molecule has 0 unspecified atom stereocenters. The molecule has 2 N–H and O–H groups in total. The fraction of sp³-hybridized carbons (Fsp3) is 0.0909. The third kappa shape index (κ3) is 4.57. The standard InChI is InChI=1S/2C11H10BrN/c2*1-13-11-5-3-8-6-10(12)4-2-9(8)7-11/h2*2-7,13H,1H3. The predicted molar refractivity (Wildman–Crippen MR) is 122 cm³/mol. The van der Waals surface area contributed by atoms with Gasteiger partial charge in [0.2, 0.25) is 0 Å². The maximum atomic E-state index is 3.45. The van der Waals surface area contributed by atoms with E-state index >= 15 is 0 Å². The molecule has 0 heterocycles. The maximum absolute atomic E-state index is 3.45. The van der Waals surface area contributed by atoms with Crippen molar-refractivity contribution in [1.82, 2.24) is 0 Å². The van der Waals surface area contributed by atoms with E-state index in [0.29, 0.717) is 0 Å². The van der Waals surface area contributed by atoms with E-state index < -0.39 is 0 Å². The minimum absolute atomic E-state index is 1.12. The Bertz CT molecular complexity index is 959. The first-order valence-electron chi connectivity index (χ1n) is 8.33. The van der Waals surface area contributed by atoms with Gasteiger partial charge in [-0.1, -0.05) is 56.1 Å². The molecule has 4 aromatic rings. The van der Waals surface area contributed by atoms with Crippen molar-refractivity contribution < 1.29 is 0 Å². The van der Waals surface area contributed by atoms with Crippen molar-refractivity contribution >= 4 is 64.8 Å². The molecule has 0 aliphatic heterocycles. The van der Waals surface area contributed by atoms with Crippen molar-refractivity contribution in [2.24, 2.45) is 0 Å². The second-order valence-electron chi connectivity index (χ2n) is 5.91. The summed E-state index contributed by atoms with van der Waals surface area (Å²) >= 11 is 6.90. The summed E-state index contributed by atoms with van der Waals surface area (Å²) < 4.78 is 2.24. The molecule has 4 heteroatoms. The fourth-order valence-corrected chi connectivity index (χ4v) is 3.50. The van der Waals surface area contributed by atoms with Gasteiger partial charge in [-0.2, -0.15) is 0 Å². The number of anilines is 2. The lowest BCUT2D eigenvalue weighted by Gasteiger charge is -2.02. The molecule has 0 saturated carbocycles. The molecule has 0 saturated heterocycles. The Hall–Kier alpha value is -2.04. The second-order valence-corrected chi connectivity index (χ2v) is 7.74. The molecule has 0 spiro atoms. The lowest BCUT2D eigenvalue weighted by atomic mass is 10.1. The minimum atomic E-state index is 1.12. The van der Waals surface area contributed by atoms with Gasteiger partial charge in [-0.25, -0.2) is 0 Å². The first kappa shape index (κ1) is 18.7. The van der Waals surface area contributed by atoms with E-state index in [0.717, 1.165) is 20.3 Å². The zero-order valence-corrected chi connectivity index (χ0v) is 17.9. The number of hydrogen-bond donors (Lipinski definition) is 2. The van der Waals surface area contributed by atoms with Crippen LogP contribution in [0.1, 0.15) is 0 Å². The van der Waals surface area contributed by atoms with Crippen LogP contribution in [0.15, 0.2) is 81.7 Å². The van der Waals surface area contributed by atoms with E-state index in [2.05, 4.69) is 115 Å².